The summed E-state index contributed by atoms with van der Waals surface area (Å²) in [6.07, 6.45) is 6.96. The molecule has 2 fully saturated rings. The van der Waals surface area contributed by atoms with E-state index in [1.54, 1.807) is 0 Å². The molecule has 98 valence electrons. The van der Waals surface area contributed by atoms with Gasteiger partial charge >= 0.3 is 0 Å². The highest BCUT2D eigenvalue weighted by atomic mass is 35.5. The molecular weight excluding hydrogens is 242 g/mol. The van der Waals surface area contributed by atoms with Gasteiger partial charge in [0.25, 0.3) is 0 Å². The number of halogens is 1. The lowest BCUT2D eigenvalue weighted by molar-refractivity contribution is 0.296. The Morgan fingerprint density at radius 1 is 1.33 bits per heavy atom. The molecule has 2 saturated carbocycles. The van der Waals surface area contributed by atoms with Gasteiger partial charge in [-0.15, -0.1) is 0 Å². The quantitative estimate of drug-likeness (QED) is 0.855. The number of rotatable bonds is 3. The standard InChI is InChI=1S/C16H22ClN/c1-10-6-13(4-5-15(10)17)16(18)9-14-8-11-2-3-12(14)7-11/h4-6,11-12,14,16H,2-3,7-9,18H2,1H3. The van der Waals surface area contributed by atoms with E-state index in [2.05, 4.69) is 19.1 Å². The second-order valence-electron chi connectivity index (χ2n) is 6.29. The Kier molecular flexibility index (Phi) is 3.38. The second-order valence-corrected chi connectivity index (χ2v) is 6.69. The van der Waals surface area contributed by atoms with Crippen molar-refractivity contribution in [3.63, 3.8) is 0 Å². The third-order valence-corrected chi connectivity index (χ3v) is 5.48. The number of fused-ring (bicyclic) bond motifs is 2. The molecule has 0 amide bonds. The lowest BCUT2D eigenvalue weighted by Crippen LogP contribution is -2.19. The molecule has 1 aromatic rings. The maximum absolute atomic E-state index is 6.38. The van der Waals surface area contributed by atoms with E-state index in [-0.39, 0.29) is 6.04 Å². The van der Waals surface area contributed by atoms with Crippen LogP contribution in [0.15, 0.2) is 18.2 Å². The third-order valence-electron chi connectivity index (χ3n) is 5.05. The molecule has 2 N–H and O–H groups in total. The molecule has 2 heteroatoms. The zero-order chi connectivity index (χ0) is 12.7. The lowest BCUT2D eigenvalue weighted by Gasteiger charge is -2.25. The fraction of sp³-hybridized carbons (Fsp3) is 0.625. The summed E-state index contributed by atoms with van der Waals surface area (Å²) in [7, 11) is 0. The van der Waals surface area contributed by atoms with E-state index in [4.69, 9.17) is 17.3 Å². The van der Waals surface area contributed by atoms with Crippen molar-refractivity contribution in [1.29, 1.82) is 0 Å². The first-order chi connectivity index (χ1) is 8.63. The van der Waals surface area contributed by atoms with E-state index in [1.165, 1.54) is 31.2 Å². The first-order valence-corrected chi connectivity index (χ1v) is 7.53. The number of nitrogens with two attached hydrogens (primary N) is 1. The first-order valence-electron chi connectivity index (χ1n) is 7.15. The van der Waals surface area contributed by atoms with Crippen molar-refractivity contribution in [2.45, 2.75) is 45.1 Å². The van der Waals surface area contributed by atoms with Gasteiger partial charge in [0.05, 0.1) is 0 Å². The molecule has 1 nitrogen and oxygen atoms in total. The molecule has 0 spiro atoms. The molecule has 18 heavy (non-hydrogen) atoms. The molecule has 2 aliphatic carbocycles. The second kappa shape index (κ2) is 4.86. The summed E-state index contributed by atoms with van der Waals surface area (Å²) >= 11 is 6.07. The Labute approximate surface area is 115 Å². The fourth-order valence-corrected chi connectivity index (χ4v) is 4.14. The minimum absolute atomic E-state index is 0.185. The molecule has 4 atom stereocenters. The maximum Gasteiger partial charge on any atom is 0.0435 e. The molecular formula is C16H22ClN. The van der Waals surface area contributed by atoms with Crippen LogP contribution in [-0.2, 0) is 0 Å². The summed E-state index contributed by atoms with van der Waals surface area (Å²) in [6.45, 7) is 2.05. The van der Waals surface area contributed by atoms with Gasteiger partial charge in [-0.25, -0.2) is 0 Å². The van der Waals surface area contributed by atoms with Gasteiger partial charge in [0.1, 0.15) is 0 Å². The Balaban J connectivity index is 1.67. The summed E-state index contributed by atoms with van der Waals surface area (Å²) in [5, 5.41) is 0.839. The topological polar surface area (TPSA) is 26.0 Å². The maximum atomic E-state index is 6.38. The van der Waals surface area contributed by atoms with E-state index < -0.39 is 0 Å². The highest BCUT2D eigenvalue weighted by Gasteiger charge is 2.39. The van der Waals surface area contributed by atoms with Gasteiger partial charge in [0.15, 0.2) is 0 Å². The Morgan fingerprint density at radius 2 is 2.17 bits per heavy atom. The zero-order valence-corrected chi connectivity index (χ0v) is 11.8. The normalized spacial score (nSPS) is 31.8. The average Bonchev–Trinajstić information content (AvgIpc) is 2.94. The summed E-state index contributed by atoms with van der Waals surface area (Å²) < 4.78 is 0. The molecule has 2 aliphatic rings. The molecule has 2 bridgehead atoms. The predicted molar refractivity (Wildman–Crippen MR) is 76.7 cm³/mol. The van der Waals surface area contributed by atoms with Gasteiger partial charge in [0, 0.05) is 11.1 Å². The van der Waals surface area contributed by atoms with Crippen LogP contribution in [0.4, 0.5) is 0 Å². The van der Waals surface area contributed by atoms with E-state index in [0.717, 1.165) is 34.8 Å². The predicted octanol–water partition coefficient (Wildman–Crippen LogP) is 4.47. The van der Waals surface area contributed by atoms with Crippen molar-refractivity contribution in [2.75, 3.05) is 0 Å². The zero-order valence-electron chi connectivity index (χ0n) is 11.0. The van der Waals surface area contributed by atoms with Crippen LogP contribution in [0.25, 0.3) is 0 Å². The van der Waals surface area contributed by atoms with E-state index >= 15 is 0 Å². The summed E-state index contributed by atoms with van der Waals surface area (Å²) in [5.74, 6) is 2.85. The smallest absolute Gasteiger partial charge is 0.0435 e. The van der Waals surface area contributed by atoms with Crippen LogP contribution in [0, 0.1) is 24.7 Å². The van der Waals surface area contributed by atoms with Gasteiger partial charge in [0.2, 0.25) is 0 Å². The number of hydrogen-bond acceptors (Lipinski definition) is 1. The fourth-order valence-electron chi connectivity index (χ4n) is 4.03. The van der Waals surface area contributed by atoms with Gasteiger partial charge in [-0.05, 0) is 67.6 Å². The molecule has 0 radical (unpaired) electrons. The van der Waals surface area contributed by atoms with Crippen LogP contribution < -0.4 is 5.73 Å². The van der Waals surface area contributed by atoms with Crippen LogP contribution in [0.2, 0.25) is 5.02 Å². The van der Waals surface area contributed by atoms with Gasteiger partial charge in [-0.3, -0.25) is 0 Å². The van der Waals surface area contributed by atoms with Gasteiger partial charge in [-0.2, -0.15) is 0 Å². The third kappa shape index (κ3) is 2.31. The molecule has 0 saturated heterocycles. The number of hydrogen-bond donors (Lipinski definition) is 1. The monoisotopic (exact) mass is 263 g/mol. The number of aryl methyl sites for hydroxylation is 1. The van der Waals surface area contributed by atoms with E-state index in [9.17, 15) is 0 Å². The van der Waals surface area contributed by atoms with Gasteiger partial charge in [-0.1, -0.05) is 30.2 Å². The van der Waals surface area contributed by atoms with Crippen LogP contribution in [0.3, 0.4) is 0 Å². The number of benzene rings is 1. The highest BCUT2D eigenvalue weighted by Crippen LogP contribution is 2.50. The summed E-state index contributed by atoms with van der Waals surface area (Å²) in [5.41, 5.74) is 8.77. The summed E-state index contributed by atoms with van der Waals surface area (Å²) in [4.78, 5) is 0. The molecule has 4 unspecified atom stereocenters. The molecule has 0 aliphatic heterocycles. The van der Waals surface area contributed by atoms with Crippen molar-refractivity contribution < 1.29 is 0 Å². The molecule has 3 rings (SSSR count). The molecule has 0 heterocycles. The minimum atomic E-state index is 0.185. The van der Waals surface area contributed by atoms with E-state index in [0.29, 0.717) is 0 Å². The Hall–Kier alpha value is -0.530. The van der Waals surface area contributed by atoms with Gasteiger partial charge < -0.3 is 5.73 Å². The molecule has 0 aromatic heterocycles. The van der Waals surface area contributed by atoms with Crippen molar-refractivity contribution >= 4 is 11.6 Å². The van der Waals surface area contributed by atoms with Crippen molar-refractivity contribution in [3.8, 4) is 0 Å². The van der Waals surface area contributed by atoms with Crippen LogP contribution in [0.1, 0.15) is 49.3 Å². The SMILES string of the molecule is Cc1cc(C(N)CC2CC3CCC2C3)ccc1Cl. The van der Waals surface area contributed by atoms with Crippen molar-refractivity contribution in [3.05, 3.63) is 34.3 Å². The highest BCUT2D eigenvalue weighted by molar-refractivity contribution is 6.31. The first kappa shape index (κ1) is 12.5. The van der Waals surface area contributed by atoms with Crippen molar-refractivity contribution in [2.24, 2.45) is 23.5 Å². The van der Waals surface area contributed by atoms with Crippen LogP contribution in [0.5, 0.6) is 0 Å². The largest absolute Gasteiger partial charge is 0.324 e. The minimum Gasteiger partial charge on any atom is -0.324 e. The average molecular weight is 264 g/mol. The molecule has 1 aromatic carbocycles. The van der Waals surface area contributed by atoms with Crippen LogP contribution >= 0.6 is 11.6 Å². The van der Waals surface area contributed by atoms with Crippen molar-refractivity contribution in [1.82, 2.24) is 0 Å². The lowest BCUT2D eigenvalue weighted by atomic mass is 9.83. The van der Waals surface area contributed by atoms with Crippen LogP contribution in [-0.4, -0.2) is 0 Å². The summed E-state index contributed by atoms with van der Waals surface area (Å²) in [6, 6.07) is 6.41. The Morgan fingerprint density at radius 3 is 2.78 bits per heavy atom. The van der Waals surface area contributed by atoms with E-state index in [1.807, 2.05) is 6.07 Å². The Bertz CT molecular complexity index is 443.